The Kier molecular flexibility index (Phi) is 4.90. The van der Waals surface area contributed by atoms with E-state index in [0.717, 1.165) is 5.56 Å². The van der Waals surface area contributed by atoms with E-state index in [4.69, 9.17) is 9.47 Å². The van der Waals surface area contributed by atoms with E-state index >= 15 is 0 Å². The first-order valence-corrected chi connectivity index (χ1v) is 10.4. The van der Waals surface area contributed by atoms with Crippen molar-refractivity contribution in [2.45, 2.75) is 0 Å². The third-order valence-corrected chi connectivity index (χ3v) is 6.51. The van der Waals surface area contributed by atoms with Crippen LogP contribution in [0.5, 0.6) is 11.5 Å². The summed E-state index contributed by atoms with van der Waals surface area (Å²) in [6.07, 6.45) is 3.38. The summed E-state index contributed by atoms with van der Waals surface area (Å²) in [6.45, 7) is 2.01. The summed E-state index contributed by atoms with van der Waals surface area (Å²) in [5.41, 5.74) is 1.02. The largest absolute Gasteiger partial charge is 0.454 e. The number of carbonyl (C=O) groups is 2. The molecule has 2 fully saturated rings. The van der Waals surface area contributed by atoms with Gasteiger partial charge in [0.25, 0.3) is 5.91 Å². The molecule has 160 valence electrons. The van der Waals surface area contributed by atoms with Crippen molar-refractivity contribution in [3.63, 3.8) is 0 Å². The highest BCUT2D eigenvalue weighted by molar-refractivity contribution is 5.95. The summed E-state index contributed by atoms with van der Waals surface area (Å²) in [4.78, 5) is 29.3. The predicted molar refractivity (Wildman–Crippen MR) is 114 cm³/mol. The summed E-state index contributed by atoms with van der Waals surface area (Å²) < 4.78 is 10.7. The van der Waals surface area contributed by atoms with Crippen molar-refractivity contribution in [1.29, 1.82) is 0 Å². The van der Waals surface area contributed by atoms with E-state index in [1.807, 2.05) is 30.3 Å². The minimum Gasteiger partial charge on any atom is -0.454 e. The molecule has 3 aliphatic rings. The van der Waals surface area contributed by atoms with Gasteiger partial charge in [0.05, 0.1) is 6.61 Å². The number of hydrogen-bond donors (Lipinski definition) is 1. The van der Waals surface area contributed by atoms with Crippen molar-refractivity contribution in [1.82, 2.24) is 9.80 Å². The quantitative estimate of drug-likeness (QED) is 0.766. The molecule has 0 radical (unpaired) electrons. The molecule has 2 atom stereocenters. The molecule has 0 spiro atoms. The molecule has 3 aliphatic heterocycles. The first kappa shape index (κ1) is 19.6. The van der Waals surface area contributed by atoms with Crippen molar-refractivity contribution >= 4 is 17.9 Å². The highest BCUT2D eigenvalue weighted by atomic mass is 16.7. The van der Waals surface area contributed by atoms with Gasteiger partial charge in [-0.3, -0.25) is 9.59 Å². The number of amides is 2. The lowest BCUT2D eigenvalue weighted by Gasteiger charge is -2.27. The van der Waals surface area contributed by atoms with E-state index in [-0.39, 0.29) is 31.1 Å². The van der Waals surface area contributed by atoms with E-state index in [1.54, 1.807) is 40.2 Å². The van der Waals surface area contributed by atoms with Gasteiger partial charge in [0.15, 0.2) is 11.5 Å². The second kappa shape index (κ2) is 7.74. The normalized spacial score (nSPS) is 24.1. The van der Waals surface area contributed by atoms with Crippen LogP contribution < -0.4 is 9.47 Å². The Morgan fingerprint density at radius 1 is 1.03 bits per heavy atom. The number of carbonyl (C=O) groups excluding carboxylic acids is 2. The predicted octanol–water partition coefficient (Wildman–Crippen LogP) is 2.02. The van der Waals surface area contributed by atoms with E-state index in [2.05, 4.69) is 0 Å². The van der Waals surface area contributed by atoms with Crippen LogP contribution in [0.15, 0.2) is 54.6 Å². The van der Waals surface area contributed by atoms with E-state index < -0.39 is 5.41 Å². The molecule has 0 aliphatic carbocycles. The van der Waals surface area contributed by atoms with Gasteiger partial charge < -0.3 is 24.4 Å². The summed E-state index contributed by atoms with van der Waals surface area (Å²) in [6, 6.07) is 14.9. The number of nitrogens with zero attached hydrogens (tertiary/aromatic N) is 2. The van der Waals surface area contributed by atoms with Gasteiger partial charge in [-0.05, 0) is 29.8 Å². The zero-order valence-electron chi connectivity index (χ0n) is 17.1. The monoisotopic (exact) mass is 420 g/mol. The van der Waals surface area contributed by atoms with Crippen LogP contribution in [0, 0.1) is 11.3 Å². The van der Waals surface area contributed by atoms with Crippen molar-refractivity contribution in [3.05, 3.63) is 65.7 Å². The fourth-order valence-electron chi connectivity index (χ4n) is 4.78. The number of aliphatic hydroxyl groups is 1. The molecule has 2 aromatic carbocycles. The Bertz CT molecular complexity index is 1040. The summed E-state index contributed by atoms with van der Waals surface area (Å²) in [5.74, 6) is 1.09. The molecule has 0 saturated carbocycles. The van der Waals surface area contributed by atoms with Crippen LogP contribution >= 0.6 is 0 Å². The average molecular weight is 420 g/mol. The molecule has 2 saturated heterocycles. The first-order chi connectivity index (χ1) is 15.1. The summed E-state index contributed by atoms with van der Waals surface area (Å²) >= 11 is 0. The van der Waals surface area contributed by atoms with Crippen molar-refractivity contribution in [2.24, 2.45) is 11.3 Å². The molecular weight excluding hydrogens is 396 g/mol. The molecule has 0 bridgehead atoms. The molecule has 1 N–H and O–H groups in total. The Morgan fingerprint density at radius 2 is 1.77 bits per heavy atom. The second-order valence-electron chi connectivity index (χ2n) is 8.43. The standard InChI is InChI=1S/C24H24N2O5/c27-15-24-13-25(22(28)9-6-17-4-2-1-3-5-17)11-19(24)12-26(14-24)23(29)18-7-8-20-21(10-18)31-16-30-20/h1-10,19,27H,11-16H2/b9-6+/t19-,24+/m0/s1. The van der Waals surface area contributed by atoms with Gasteiger partial charge >= 0.3 is 0 Å². The minimum absolute atomic E-state index is 0.0459. The number of fused-ring (bicyclic) bond motifs is 2. The van der Waals surface area contributed by atoms with E-state index in [9.17, 15) is 14.7 Å². The third-order valence-electron chi connectivity index (χ3n) is 6.51. The number of likely N-dealkylation sites (tertiary alicyclic amines) is 2. The van der Waals surface area contributed by atoms with Gasteiger partial charge in [0.2, 0.25) is 12.7 Å². The van der Waals surface area contributed by atoms with E-state index in [0.29, 0.717) is 43.2 Å². The Morgan fingerprint density at radius 3 is 2.55 bits per heavy atom. The molecule has 0 aromatic heterocycles. The van der Waals surface area contributed by atoms with Crippen molar-refractivity contribution in [2.75, 3.05) is 39.6 Å². The molecular formula is C24H24N2O5. The maximum atomic E-state index is 13.1. The lowest BCUT2D eigenvalue weighted by Crippen LogP contribution is -2.40. The van der Waals surface area contributed by atoms with Crippen LogP contribution in [0.3, 0.4) is 0 Å². The number of hydrogen-bond acceptors (Lipinski definition) is 5. The number of benzene rings is 2. The molecule has 2 amide bonds. The smallest absolute Gasteiger partial charge is 0.254 e. The number of ether oxygens (including phenoxy) is 2. The van der Waals surface area contributed by atoms with Gasteiger partial charge in [0, 0.05) is 49.2 Å². The lowest BCUT2D eigenvalue weighted by molar-refractivity contribution is -0.125. The van der Waals surface area contributed by atoms with Crippen LogP contribution in [-0.2, 0) is 4.79 Å². The number of rotatable bonds is 4. The fraction of sp³-hybridized carbons (Fsp3) is 0.333. The first-order valence-electron chi connectivity index (χ1n) is 10.4. The fourth-order valence-corrected chi connectivity index (χ4v) is 4.78. The van der Waals surface area contributed by atoms with Gasteiger partial charge in [-0.2, -0.15) is 0 Å². The molecule has 0 unspecified atom stereocenters. The molecule has 3 heterocycles. The third kappa shape index (κ3) is 3.55. The van der Waals surface area contributed by atoms with Gasteiger partial charge in [-0.15, -0.1) is 0 Å². The van der Waals surface area contributed by atoms with Crippen LogP contribution in [0.1, 0.15) is 15.9 Å². The van der Waals surface area contributed by atoms with Gasteiger partial charge in [-0.1, -0.05) is 30.3 Å². The topological polar surface area (TPSA) is 79.3 Å². The maximum absolute atomic E-state index is 13.1. The Balaban J connectivity index is 1.26. The molecule has 2 aromatic rings. The lowest BCUT2D eigenvalue weighted by atomic mass is 9.82. The molecule has 5 rings (SSSR count). The Labute approximate surface area is 180 Å². The minimum atomic E-state index is -0.484. The zero-order chi connectivity index (χ0) is 21.4. The zero-order valence-corrected chi connectivity index (χ0v) is 17.1. The summed E-state index contributed by atoms with van der Waals surface area (Å²) in [5, 5.41) is 10.2. The summed E-state index contributed by atoms with van der Waals surface area (Å²) in [7, 11) is 0. The van der Waals surface area contributed by atoms with Gasteiger partial charge in [-0.25, -0.2) is 0 Å². The number of aliphatic hydroxyl groups excluding tert-OH is 1. The van der Waals surface area contributed by atoms with E-state index in [1.165, 1.54) is 0 Å². The molecule has 7 heteroatoms. The highest BCUT2D eigenvalue weighted by Crippen LogP contribution is 2.43. The SMILES string of the molecule is O=C(/C=C/c1ccccc1)N1C[C@H]2CN(C(=O)c3ccc4c(c3)OCO4)C[C@@]2(CO)C1. The van der Waals surface area contributed by atoms with Crippen molar-refractivity contribution in [3.8, 4) is 11.5 Å². The maximum Gasteiger partial charge on any atom is 0.254 e. The van der Waals surface area contributed by atoms with Crippen LogP contribution in [-0.4, -0.2) is 66.3 Å². The van der Waals surface area contributed by atoms with Crippen molar-refractivity contribution < 1.29 is 24.2 Å². The molecule has 7 nitrogen and oxygen atoms in total. The van der Waals surface area contributed by atoms with Gasteiger partial charge in [0.1, 0.15) is 0 Å². The van der Waals surface area contributed by atoms with Crippen LogP contribution in [0.4, 0.5) is 0 Å². The average Bonchev–Trinajstić information content (AvgIpc) is 3.49. The van der Waals surface area contributed by atoms with Crippen LogP contribution in [0.25, 0.3) is 6.08 Å². The highest BCUT2D eigenvalue weighted by Gasteiger charge is 2.54. The molecule has 31 heavy (non-hydrogen) atoms. The second-order valence-corrected chi connectivity index (χ2v) is 8.43. The van der Waals surface area contributed by atoms with Crippen LogP contribution in [0.2, 0.25) is 0 Å². The Hall–Kier alpha value is -3.32.